The number of nitrogens with zero attached hydrogens (tertiary/aromatic N) is 16. The number of rotatable bonds is 24. The molecular formula is C58H95N19O9S4. The quantitative estimate of drug-likeness (QED) is 0.0201. The maximum absolute atomic E-state index is 10.6. The fourth-order valence-electron chi connectivity index (χ4n) is 11.4. The van der Waals surface area contributed by atoms with Crippen LogP contribution in [0.5, 0.6) is 0 Å². The number of thioether (sulfide) groups is 3. The van der Waals surface area contributed by atoms with E-state index in [4.69, 9.17) is 4.98 Å². The van der Waals surface area contributed by atoms with Crippen LogP contribution in [0.25, 0.3) is 33.5 Å². The van der Waals surface area contributed by atoms with Gasteiger partial charge in [0.15, 0.2) is 66.4 Å². The molecule has 0 aromatic carbocycles. The first kappa shape index (κ1) is 72.6. The second-order valence-corrected chi connectivity index (χ2v) is 26.9. The Bertz CT molecular complexity index is 3280. The number of aliphatic hydroxyl groups excluding tert-OH is 9. The molecular weight excluding hydrogens is 1240 g/mol. The molecule has 7 aromatic rings. The normalized spacial score (nSPS) is 26.1. The molecule has 0 spiro atoms. The largest absolute Gasteiger partial charge is 0.390 e. The number of hydrogen-bond donors (Lipinski definition) is 12. The van der Waals surface area contributed by atoms with Gasteiger partial charge in [-0.05, 0) is 108 Å². The number of nitrogens with one attached hydrogen (secondary N) is 3. The van der Waals surface area contributed by atoms with Gasteiger partial charge in [0, 0.05) is 47.8 Å². The molecule has 11 rings (SSSR count). The molecule has 0 radical (unpaired) electrons. The van der Waals surface area contributed by atoms with Crippen LogP contribution in [-0.2, 0) is 6.42 Å². The molecule has 1 saturated heterocycles. The second kappa shape index (κ2) is 34.9. The van der Waals surface area contributed by atoms with Crippen molar-refractivity contribution in [3.05, 3.63) is 22.4 Å². The molecule has 0 amide bonds. The summed E-state index contributed by atoms with van der Waals surface area (Å²) in [6.07, 6.45) is 1.07. The van der Waals surface area contributed by atoms with E-state index in [1.54, 1.807) is 60.7 Å². The van der Waals surface area contributed by atoms with Crippen molar-refractivity contribution in [2.75, 3.05) is 65.9 Å². The summed E-state index contributed by atoms with van der Waals surface area (Å²) < 4.78 is 4.72. The molecule has 0 bridgehead atoms. The molecule has 90 heavy (non-hydrogen) atoms. The van der Waals surface area contributed by atoms with Gasteiger partial charge in [-0.15, -0.1) is 26.6 Å². The molecule has 32 heteroatoms. The summed E-state index contributed by atoms with van der Waals surface area (Å²) >= 11 is 6.42. The van der Waals surface area contributed by atoms with Gasteiger partial charge in [0.05, 0.1) is 36.4 Å². The fraction of sp³-hybridized carbons (Fsp3) is 0.724. The van der Waals surface area contributed by atoms with Gasteiger partial charge in [0.25, 0.3) is 0 Å². The van der Waals surface area contributed by atoms with Gasteiger partial charge >= 0.3 is 0 Å². The van der Waals surface area contributed by atoms with Crippen molar-refractivity contribution < 1.29 is 46.0 Å². The number of hydrogen-bond acceptors (Lipinski definition) is 29. The summed E-state index contributed by atoms with van der Waals surface area (Å²) in [7, 11) is 0. The molecule has 3 aliphatic carbocycles. The zero-order chi connectivity index (χ0) is 62.4. The highest BCUT2D eigenvalue weighted by Gasteiger charge is 2.42. The lowest BCUT2D eigenvalue weighted by atomic mass is 9.88. The molecule has 500 valence electrons. The van der Waals surface area contributed by atoms with E-state index in [1.165, 1.54) is 11.3 Å². The van der Waals surface area contributed by atoms with Crippen LogP contribution in [0.3, 0.4) is 0 Å². The third kappa shape index (κ3) is 17.3. The number of thiophene rings is 1. The molecule has 1 unspecified atom stereocenters. The lowest BCUT2D eigenvalue weighted by Gasteiger charge is -2.34. The third-order valence-corrected chi connectivity index (χ3v) is 20.4. The number of unbranched alkanes of at least 4 members (excludes halogenated alkanes) is 1. The van der Waals surface area contributed by atoms with Crippen LogP contribution in [0.1, 0.15) is 156 Å². The summed E-state index contributed by atoms with van der Waals surface area (Å²) in [5, 5.41) is 131. The molecule has 4 fully saturated rings. The van der Waals surface area contributed by atoms with Crippen LogP contribution < -0.4 is 16.0 Å². The summed E-state index contributed by atoms with van der Waals surface area (Å²) in [5.41, 5.74) is 3.26. The molecule has 1 aliphatic heterocycles. The molecule has 7 aromatic heterocycles. The van der Waals surface area contributed by atoms with Crippen molar-refractivity contribution in [1.82, 2.24) is 79.8 Å². The Hall–Kier alpha value is -4.81. The number of aromatic nitrogens is 15. The Morgan fingerprint density at radius 1 is 0.500 bits per heavy atom. The highest BCUT2D eigenvalue weighted by atomic mass is 32.2. The Balaban J connectivity index is 0.000000190. The SMILES string of the molecule is C.C.CCCCNc1nc(SCCC)nc2c1nnn2[C@@H]1CC[C@H](O)[C@@H](O)[C@H]1O.CCCSc1nc(NCC2CCCN2CC)c2nnn([C@@H]3CC[C@H](O)[C@@H](O)[C@H]3O)c2n1.CCCSc1nc(NCCc2cccs2)c2nnn([C@@H]3CC[C@H](O)[C@@H](O)[C@H]3O)c2n1. The lowest BCUT2D eigenvalue weighted by molar-refractivity contribution is -0.107. The maximum Gasteiger partial charge on any atom is 0.191 e. The Labute approximate surface area is 542 Å². The zero-order valence-electron chi connectivity index (χ0n) is 50.6. The lowest BCUT2D eigenvalue weighted by Crippen LogP contribution is -2.47. The van der Waals surface area contributed by atoms with E-state index < -0.39 is 73.1 Å². The van der Waals surface area contributed by atoms with Crippen LogP contribution in [0.15, 0.2) is 33.0 Å². The number of aliphatic hydroxyl groups is 9. The average Bonchev–Trinajstić information content (AvgIpc) is 1.89. The third-order valence-electron chi connectivity index (χ3n) is 16.3. The Morgan fingerprint density at radius 3 is 1.29 bits per heavy atom. The van der Waals surface area contributed by atoms with Crippen LogP contribution in [-0.4, -0.2) is 237 Å². The van der Waals surface area contributed by atoms with Crippen LogP contribution >= 0.6 is 46.6 Å². The van der Waals surface area contributed by atoms with Crippen molar-refractivity contribution in [2.24, 2.45) is 0 Å². The van der Waals surface area contributed by atoms with Gasteiger partial charge in [-0.3, -0.25) is 4.90 Å². The van der Waals surface area contributed by atoms with Crippen LogP contribution in [0, 0.1) is 0 Å². The number of likely N-dealkylation sites (tertiary alicyclic amines) is 1. The van der Waals surface area contributed by atoms with E-state index >= 15 is 0 Å². The molecule has 28 nitrogen and oxygen atoms in total. The number of likely N-dealkylation sites (N-methyl/N-ethyl adjacent to an activating group) is 1. The predicted molar refractivity (Wildman–Crippen MR) is 353 cm³/mol. The first-order valence-electron chi connectivity index (χ1n) is 31.1. The zero-order valence-corrected chi connectivity index (χ0v) is 53.9. The number of fused-ring (bicyclic) bond motifs is 3. The first-order valence-corrected chi connectivity index (χ1v) is 34.9. The van der Waals surface area contributed by atoms with Crippen molar-refractivity contribution in [3.8, 4) is 0 Å². The highest BCUT2D eigenvalue weighted by molar-refractivity contribution is 7.99. The fourth-order valence-corrected chi connectivity index (χ4v) is 14.1. The van der Waals surface area contributed by atoms with E-state index in [-0.39, 0.29) is 14.9 Å². The minimum Gasteiger partial charge on any atom is -0.390 e. The maximum atomic E-state index is 10.6. The predicted octanol–water partition coefficient (Wildman–Crippen LogP) is 5.52. The molecule has 4 aliphatic rings. The van der Waals surface area contributed by atoms with Crippen LogP contribution in [0.4, 0.5) is 17.5 Å². The van der Waals surface area contributed by atoms with E-state index in [9.17, 15) is 46.0 Å². The van der Waals surface area contributed by atoms with Crippen molar-refractivity contribution >= 4 is 97.6 Å². The standard InChI is InChI=1S/C20H33N7O3S.C19H26N6O3S2.C17H28N6O3S.2CH4/c1-3-10-31-20-22-18(21-11-12-6-5-9-26(12)4-2)15-19(23-20)27(25-24-15)13-7-8-14(28)17(30)16(13)29;1-2-9-30-19-21-17(20-8-7-11-4-3-10-29-11)14-18(22-19)25(24-23-14)12-5-6-13(26)16(28)15(12)27;1-3-5-8-18-15-12-16(20-17(19-15)27-9-4-2)23(22-21-12)10-6-7-11(24)14(26)13(10)25;;/h12-14,16-17,28-30H,3-11H2,1-2H3,(H,21,22,23);3-4,10,12-13,15-16,26-28H,2,5-9H2,1H3,(H,20,21,22);10-11,13-14,24-26H,3-9H2,1-2H3,(H,18,19,20);2*1H4/t12?,13-,14+,16+,17-;12-,13+,15+,16-;10-,11+,13+,14-;;/m111../s1. The van der Waals surface area contributed by atoms with Gasteiger partial charge in [0.2, 0.25) is 0 Å². The van der Waals surface area contributed by atoms with Gasteiger partial charge in [-0.2, -0.15) is 0 Å². The topological polar surface area (TPSA) is 391 Å². The molecule has 8 heterocycles. The molecule has 12 N–H and O–H groups in total. The van der Waals surface area contributed by atoms with Gasteiger partial charge in [0.1, 0.15) is 36.6 Å². The first-order chi connectivity index (χ1) is 42.7. The Kier molecular flexibility index (Phi) is 28.2. The molecule has 13 atom stereocenters. The average molecular weight is 1330 g/mol. The van der Waals surface area contributed by atoms with Gasteiger partial charge < -0.3 is 61.9 Å². The summed E-state index contributed by atoms with van der Waals surface area (Å²) in [6.45, 7) is 15.1. The van der Waals surface area contributed by atoms with Crippen molar-refractivity contribution in [1.29, 1.82) is 0 Å². The van der Waals surface area contributed by atoms with E-state index in [1.807, 2.05) is 6.07 Å². The highest BCUT2D eigenvalue weighted by Crippen LogP contribution is 2.36. The van der Waals surface area contributed by atoms with E-state index in [2.05, 4.69) is 123 Å². The van der Waals surface area contributed by atoms with E-state index in [0.29, 0.717) is 118 Å². The summed E-state index contributed by atoms with van der Waals surface area (Å²) in [6, 6.07) is 3.11. The molecule has 3 saturated carbocycles. The minimum absolute atomic E-state index is 0. The Morgan fingerprint density at radius 2 is 0.911 bits per heavy atom. The van der Waals surface area contributed by atoms with E-state index in [0.717, 1.165) is 88.4 Å². The minimum atomic E-state index is -1.22. The number of anilines is 3. The van der Waals surface area contributed by atoms with Gasteiger partial charge in [-0.25, -0.2) is 43.9 Å². The summed E-state index contributed by atoms with van der Waals surface area (Å²) in [5.74, 6) is 4.60. The summed E-state index contributed by atoms with van der Waals surface area (Å²) in [4.78, 5) is 31.6. The van der Waals surface area contributed by atoms with Crippen molar-refractivity contribution in [3.63, 3.8) is 0 Å². The van der Waals surface area contributed by atoms with Gasteiger partial charge in [-0.1, -0.05) is 113 Å². The smallest absolute Gasteiger partial charge is 0.191 e. The monoisotopic (exact) mass is 1330 g/mol. The second-order valence-electron chi connectivity index (χ2n) is 22.7. The van der Waals surface area contributed by atoms with Crippen LogP contribution in [0.2, 0.25) is 0 Å². The van der Waals surface area contributed by atoms with Crippen molar-refractivity contribution in [2.45, 2.75) is 234 Å².